The average molecular weight is 208 g/mol. The Labute approximate surface area is 89.8 Å². The van der Waals surface area contributed by atoms with Gasteiger partial charge in [-0.1, -0.05) is 42.5 Å². The van der Waals surface area contributed by atoms with E-state index in [-0.39, 0.29) is 6.61 Å². The molecule has 1 aromatic rings. The van der Waals surface area contributed by atoms with Gasteiger partial charge in [-0.3, -0.25) is 0 Å². The summed E-state index contributed by atoms with van der Waals surface area (Å²) in [6.07, 6.45) is 4.92. The Kier molecular flexibility index (Phi) is 6.20. The van der Waals surface area contributed by atoms with Gasteiger partial charge in [0.15, 0.2) is 0 Å². The van der Waals surface area contributed by atoms with E-state index in [1.807, 2.05) is 23.9 Å². The van der Waals surface area contributed by atoms with E-state index in [1.54, 1.807) is 6.08 Å². The van der Waals surface area contributed by atoms with Gasteiger partial charge in [0.25, 0.3) is 0 Å². The Bertz CT molecular complexity index is 256. The molecule has 0 atom stereocenters. The summed E-state index contributed by atoms with van der Waals surface area (Å²) in [6, 6.07) is 10.5. The zero-order valence-electron chi connectivity index (χ0n) is 8.23. The van der Waals surface area contributed by atoms with Gasteiger partial charge < -0.3 is 5.11 Å². The van der Waals surface area contributed by atoms with Crippen LogP contribution in [0.25, 0.3) is 0 Å². The highest BCUT2D eigenvalue weighted by Crippen LogP contribution is 2.06. The number of aliphatic hydroxyl groups excluding tert-OH is 1. The van der Waals surface area contributed by atoms with Crippen molar-refractivity contribution >= 4 is 11.8 Å². The summed E-state index contributed by atoms with van der Waals surface area (Å²) >= 11 is 1.89. The van der Waals surface area contributed by atoms with Crippen molar-refractivity contribution in [2.24, 2.45) is 0 Å². The summed E-state index contributed by atoms with van der Waals surface area (Å²) in [5.41, 5.74) is 1.39. The maximum absolute atomic E-state index is 8.50. The Balaban J connectivity index is 2.07. The lowest BCUT2D eigenvalue weighted by molar-refractivity contribution is 0.342. The molecule has 0 heterocycles. The minimum absolute atomic E-state index is 0.152. The quantitative estimate of drug-likeness (QED) is 0.572. The van der Waals surface area contributed by atoms with E-state index >= 15 is 0 Å². The van der Waals surface area contributed by atoms with Crippen molar-refractivity contribution in [3.8, 4) is 0 Å². The first-order chi connectivity index (χ1) is 6.93. The number of hydrogen-bond acceptors (Lipinski definition) is 2. The maximum Gasteiger partial charge on any atom is 0.0612 e. The summed E-state index contributed by atoms with van der Waals surface area (Å²) in [4.78, 5) is 0. The SMILES string of the molecule is OCC=CCSCCc1ccccc1. The van der Waals surface area contributed by atoms with Crippen LogP contribution in [0.4, 0.5) is 0 Å². The fourth-order valence-electron chi connectivity index (χ4n) is 1.13. The molecule has 0 amide bonds. The van der Waals surface area contributed by atoms with Gasteiger partial charge in [0.1, 0.15) is 0 Å². The Hall–Kier alpha value is -0.730. The highest BCUT2D eigenvalue weighted by molar-refractivity contribution is 7.99. The lowest BCUT2D eigenvalue weighted by atomic mass is 10.2. The van der Waals surface area contributed by atoms with Crippen LogP contribution in [0.1, 0.15) is 5.56 Å². The van der Waals surface area contributed by atoms with E-state index in [0.717, 1.165) is 17.9 Å². The molecule has 0 unspecified atom stereocenters. The summed E-state index contributed by atoms with van der Waals surface area (Å²) in [6.45, 7) is 0.152. The smallest absolute Gasteiger partial charge is 0.0612 e. The molecule has 0 aromatic heterocycles. The van der Waals surface area contributed by atoms with E-state index in [2.05, 4.69) is 24.3 Å². The molecule has 2 heteroatoms. The molecule has 0 saturated carbocycles. The van der Waals surface area contributed by atoms with Crippen LogP contribution >= 0.6 is 11.8 Å². The van der Waals surface area contributed by atoms with Crippen molar-refractivity contribution in [1.29, 1.82) is 0 Å². The van der Waals surface area contributed by atoms with Crippen LogP contribution in [0.15, 0.2) is 42.5 Å². The van der Waals surface area contributed by atoms with E-state index in [1.165, 1.54) is 5.56 Å². The highest BCUT2D eigenvalue weighted by atomic mass is 32.2. The van der Waals surface area contributed by atoms with Crippen molar-refractivity contribution in [2.45, 2.75) is 6.42 Å². The maximum atomic E-state index is 8.50. The van der Waals surface area contributed by atoms with Crippen LogP contribution in [0.5, 0.6) is 0 Å². The molecule has 0 aliphatic carbocycles. The molecule has 1 aromatic carbocycles. The lowest BCUT2D eigenvalue weighted by Crippen LogP contribution is -1.88. The summed E-state index contributed by atoms with van der Waals surface area (Å²) in [7, 11) is 0. The van der Waals surface area contributed by atoms with E-state index in [9.17, 15) is 0 Å². The number of benzene rings is 1. The molecular formula is C12H16OS. The van der Waals surface area contributed by atoms with Gasteiger partial charge in [0.05, 0.1) is 6.61 Å². The number of hydrogen-bond donors (Lipinski definition) is 1. The molecule has 0 radical (unpaired) electrons. The van der Waals surface area contributed by atoms with Crippen LogP contribution in [-0.4, -0.2) is 23.2 Å². The first kappa shape index (κ1) is 11.3. The first-order valence-corrected chi connectivity index (χ1v) is 5.96. The van der Waals surface area contributed by atoms with Crippen molar-refractivity contribution in [2.75, 3.05) is 18.1 Å². The molecule has 14 heavy (non-hydrogen) atoms. The van der Waals surface area contributed by atoms with Crippen molar-refractivity contribution in [1.82, 2.24) is 0 Å². The molecule has 0 fully saturated rings. The standard InChI is InChI=1S/C12H16OS/c13-9-4-5-10-14-11-8-12-6-2-1-3-7-12/h1-7,13H,8-11H2. The first-order valence-electron chi connectivity index (χ1n) is 4.81. The summed E-state index contributed by atoms with van der Waals surface area (Å²) < 4.78 is 0. The molecule has 1 rings (SSSR count). The molecule has 76 valence electrons. The van der Waals surface area contributed by atoms with Gasteiger partial charge in [0, 0.05) is 5.75 Å². The zero-order chi connectivity index (χ0) is 10.1. The third-order valence-electron chi connectivity index (χ3n) is 1.86. The summed E-state index contributed by atoms with van der Waals surface area (Å²) in [5, 5.41) is 8.50. The molecule has 0 aliphatic heterocycles. The van der Waals surface area contributed by atoms with Crippen LogP contribution in [0, 0.1) is 0 Å². The van der Waals surface area contributed by atoms with Crippen LogP contribution in [-0.2, 0) is 6.42 Å². The van der Waals surface area contributed by atoms with Gasteiger partial charge in [-0.25, -0.2) is 0 Å². The molecule has 1 N–H and O–H groups in total. The molecule has 1 nitrogen and oxygen atoms in total. The minimum Gasteiger partial charge on any atom is -0.392 e. The Morgan fingerprint density at radius 2 is 1.93 bits per heavy atom. The van der Waals surface area contributed by atoms with Gasteiger partial charge >= 0.3 is 0 Å². The third-order valence-corrected chi connectivity index (χ3v) is 2.79. The molecule has 0 bridgehead atoms. The highest BCUT2D eigenvalue weighted by Gasteiger charge is 1.90. The zero-order valence-corrected chi connectivity index (χ0v) is 9.04. The molecular weight excluding hydrogens is 192 g/mol. The number of thioether (sulfide) groups is 1. The number of aliphatic hydroxyl groups is 1. The number of aryl methyl sites for hydroxylation is 1. The molecule has 0 aliphatic rings. The lowest BCUT2D eigenvalue weighted by Gasteiger charge is -1.99. The largest absolute Gasteiger partial charge is 0.392 e. The number of rotatable bonds is 6. The second kappa shape index (κ2) is 7.65. The fourth-order valence-corrected chi connectivity index (χ4v) is 1.95. The second-order valence-electron chi connectivity index (χ2n) is 2.96. The molecule has 0 saturated heterocycles. The minimum atomic E-state index is 0.152. The third kappa shape index (κ3) is 5.10. The van der Waals surface area contributed by atoms with Crippen LogP contribution in [0.2, 0.25) is 0 Å². The van der Waals surface area contributed by atoms with Gasteiger partial charge in [0.2, 0.25) is 0 Å². The van der Waals surface area contributed by atoms with Crippen molar-refractivity contribution in [3.63, 3.8) is 0 Å². The van der Waals surface area contributed by atoms with E-state index < -0.39 is 0 Å². The van der Waals surface area contributed by atoms with Gasteiger partial charge in [-0.15, -0.1) is 0 Å². The topological polar surface area (TPSA) is 20.2 Å². The summed E-state index contributed by atoms with van der Waals surface area (Å²) in [5.74, 6) is 2.13. The average Bonchev–Trinajstić information content (AvgIpc) is 2.25. The predicted molar refractivity (Wildman–Crippen MR) is 63.7 cm³/mol. The Morgan fingerprint density at radius 3 is 2.64 bits per heavy atom. The molecule has 0 spiro atoms. The van der Waals surface area contributed by atoms with Crippen molar-refractivity contribution in [3.05, 3.63) is 48.0 Å². The Morgan fingerprint density at radius 1 is 1.14 bits per heavy atom. The van der Waals surface area contributed by atoms with Gasteiger partial charge in [-0.2, -0.15) is 11.8 Å². The van der Waals surface area contributed by atoms with Crippen LogP contribution in [0.3, 0.4) is 0 Å². The van der Waals surface area contributed by atoms with E-state index in [4.69, 9.17) is 5.11 Å². The van der Waals surface area contributed by atoms with E-state index in [0.29, 0.717) is 0 Å². The normalized spacial score (nSPS) is 10.9. The van der Waals surface area contributed by atoms with Crippen molar-refractivity contribution < 1.29 is 5.11 Å². The van der Waals surface area contributed by atoms with Crippen LogP contribution < -0.4 is 0 Å². The predicted octanol–water partition coefficient (Wildman–Crippen LogP) is 2.51. The monoisotopic (exact) mass is 208 g/mol. The fraction of sp³-hybridized carbons (Fsp3) is 0.333. The second-order valence-corrected chi connectivity index (χ2v) is 4.11. The van der Waals surface area contributed by atoms with Gasteiger partial charge in [-0.05, 0) is 17.7 Å².